The first-order valence-electron chi connectivity index (χ1n) is 8.79. The van der Waals surface area contributed by atoms with Crippen LogP contribution in [0.5, 0.6) is 0 Å². The molecule has 0 aliphatic rings. The van der Waals surface area contributed by atoms with E-state index < -0.39 is 0 Å². The first-order chi connectivity index (χ1) is 13.6. The molecule has 6 nitrogen and oxygen atoms in total. The molecular weight excluding hydrogens is 374 g/mol. The first-order valence-corrected chi connectivity index (χ1v) is 9.17. The van der Waals surface area contributed by atoms with Gasteiger partial charge in [0.1, 0.15) is 0 Å². The number of carbonyl (C=O) groups is 1. The molecule has 4 rings (SSSR count). The molecule has 4 aromatic rings. The number of nitrogens with one attached hydrogen (secondary N) is 1. The summed E-state index contributed by atoms with van der Waals surface area (Å²) in [6, 6.07) is 19.1. The zero-order valence-corrected chi connectivity index (χ0v) is 16.0. The van der Waals surface area contributed by atoms with Crippen LogP contribution in [0.15, 0.2) is 73.1 Å². The predicted octanol–water partition coefficient (Wildman–Crippen LogP) is 4.33. The van der Waals surface area contributed by atoms with E-state index >= 15 is 0 Å². The number of carbonyl (C=O) groups excluding carboxylic acids is 1. The lowest BCUT2D eigenvalue weighted by Crippen LogP contribution is -2.14. The Morgan fingerprint density at radius 1 is 1.11 bits per heavy atom. The molecule has 0 saturated heterocycles. The van der Waals surface area contributed by atoms with E-state index in [-0.39, 0.29) is 5.91 Å². The van der Waals surface area contributed by atoms with E-state index in [4.69, 9.17) is 11.6 Å². The van der Waals surface area contributed by atoms with E-state index in [1.807, 2.05) is 55.6 Å². The molecule has 0 saturated carbocycles. The van der Waals surface area contributed by atoms with E-state index in [1.54, 1.807) is 33.8 Å². The van der Waals surface area contributed by atoms with Gasteiger partial charge in [0.25, 0.3) is 5.91 Å². The average Bonchev–Trinajstić information content (AvgIpc) is 3.29. The van der Waals surface area contributed by atoms with Gasteiger partial charge in [0.05, 0.1) is 29.7 Å². The number of benzene rings is 2. The van der Waals surface area contributed by atoms with Gasteiger partial charge >= 0.3 is 0 Å². The molecule has 0 fully saturated rings. The Kier molecular flexibility index (Phi) is 4.95. The molecule has 0 aliphatic heterocycles. The predicted molar refractivity (Wildman–Crippen MR) is 109 cm³/mol. The summed E-state index contributed by atoms with van der Waals surface area (Å²) < 4.78 is 3.47. The number of nitrogens with zero attached hydrogens (tertiary/aromatic N) is 4. The monoisotopic (exact) mass is 391 g/mol. The van der Waals surface area contributed by atoms with Crippen LogP contribution in [0.25, 0.3) is 5.69 Å². The summed E-state index contributed by atoms with van der Waals surface area (Å²) in [4.78, 5) is 12.7. The van der Waals surface area contributed by atoms with Crippen LogP contribution in [0.1, 0.15) is 21.6 Å². The lowest BCUT2D eigenvalue weighted by molar-refractivity contribution is 0.102. The fraction of sp³-hybridized carbons (Fsp3) is 0.0952. The topological polar surface area (TPSA) is 64.7 Å². The second-order valence-electron chi connectivity index (χ2n) is 6.37. The number of halogens is 1. The van der Waals surface area contributed by atoms with Gasteiger partial charge in [-0.1, -0.05) is 48.0 Å². The van der Waals surface area contributed by atoms with Gasteiger partial charge in [-0.05, 0) is 30.7 Å². The molecule has 0 atom stereocenters. The summed E-state index contributed by atoms with van der Waals surface area (Å²) in [7, 11) is 0. The zero-order chi connectivity index (χ0) is 19.5. The highest BCUT2D eigenvalue weighted by Gasteiger charge is 2.16. The van der Waals surface area contributed by atoms with Gasteiger partial charge in [-0.3, -0.25) is 9.48 Å². The molecule has 2 aromatic heterocycles. The Balaban J connectivity index is 1.49. The van der Waals surface area contributed by atoms with Crippen LogP contribution in [-0.2, 0) is 6.54 Å². The Morgan fingerprint density at radius 3 is 2.71 bits per heavy atom. The number of rotatable bonds is 5. The van der Waals surface area contributed by atoms with Crippen molar-refractivity contribution in [1.29, 1.82) is 0 Å². The second-order valence-corrected chi connectivity index (χ2v) is 6.81. The summed E-state index contributed by atoms with van der Waals surface area (Å²) in [5.74, 6) is 0.242. The minimum Gasteiger partial charge on any atom is -0.305 e. The fourth-order valence-corrected chi connectivity index (χ4v) is 3.16. The lowest BCUT2D eigenvalue weighted by atomic mass is 10.2. The molecular formula is C21H18ClN5O. The van der Waals surface area contributed by atoms with Crippen molar-refractivity contribution in [2.75, 3.05) is 5.32 Å². The van der Waals surface area contributed by atoms with E-state index in [0.29, 0.717) is 22.9 Å². The normalized spacial score (nSPS) is 10.8. The van der Waals surface area contributed by atoms with Crippen LogP contribution in [0.2, 0.25) is 5.02 Å². The van der Waals surface area contributed by atoms with Gasteiger partial charge in [0.2, 0.25) is 0 Å². The van der Waals surface area contributed by atoms with Gasteiger partial charge in [-0.15, -0.1) is 0 Å². The largest absolute Gasteiger partial charge is 0.305 e. The first kappa shape index (κ1) is 18.0. The summed E-state index contributed by atoms with van der Waals surface area (Å²) in [6.45, 7) is 2.49. The molecule has 0 aliphatic carbocycles. The van der Waals surface area contributed by atoms with Crippen molar-refractivity contribution in [2.45, 2.75) is 13.5 Å². The van der Waals surface area contributed by atoms with Crippen molar-refractivity contribution in [1.82, 2.24) is 19.6 Å². The van der Waals surface area contributed by atoms with Gasteiger partial charge in [0.15, 0.2) is 5.82 Å². The quantitative estimate of drug-likeness (QED) is 0.550. The number of anilines is 1. The SMILES string of the molecule is Cc1c(C(=O)Nc2ccn(Cc3ccccc3)n2)cnn1-c1cccc(Cl)c1. The fourth-order valence-electron chi connectivity index (χ4n) is 2.97. The smallest absolute Gasteiger partial charge is 0.260 e. The molecule has 1 amide bonds. The maximum atomic E-state index is 12.7. The lowest BCUT2D eigenvalue weighted by Gasteiger charge is -2.06. The molecule has 2 aromatic carbocycles. The van der Waals surface area contributed by atoms with Crippen LogP contribution >= 0.6 is 11.6 Å². The Hall–Kier alpha value is -3.38. The maximum Gasteiger partial charge on any atom is 0.260 e. The minimum atomic E-state index is -0.254. The third-order valence-corrected chi connectivity index (χ3v) is 4.61. The van der Waals surface area contributed by atoms with Crippen LogP contribution in [0.3, 0.4) is 0 Å². The van der Waals surface area contributed by atoms with Crippen molar-refractivity contribution in [3.63, 3.8) is 0 Å². The highest BCUT2D eigenvalue weighted by atomic mass is 35.5. The molecule has 7 heteroatoms. The van der Waals surface area contributed by atoms with Crippen molar-refractivity contribution < 1.29 is 4.79 Å². The van der Waals surface area contributed by atoms with Crippen molar-refractivity contribution in [2.24, 2.45) is 0 Å². The summed E-state index contributed by atoms with van der Waals surface area (Å²) in [6.07, 6.45) is 3.39. The van der Waals surface area contributed by atoms with Gasteiger partial charge in [-0.25, -0.2) is 4.68 Å². The Bertz CT molecular complexity index is 1120. The molecule has 0 radical (unpaired) electrons. The van der Waals surface area contributed by atoms with E-state index in [9.17, 15) is 4.79 Å². The van der Waals surface area contributed by atoms with Crippen molar-refractivity contribution >= 4 is 23.3 Å². The van der Waals surface area contributed by atoms with Crippen LogP contribution in [0, 0.1) is 6.92 Å². The summed E-state index contributed by atoms with van der Waals surface area (Å²) >= 11 is 6.05. The number of hydrogen-bond donors (Lipinski definition) is 1. The molecule has 2 heterocycles. The third kappa shape index (κ3) is 3.82. The second kappa shape index (κ2) is 7.70. The van der Waals surface area contributed by atoms with Gasteiger partial charge in [0, 0.05) is 17.3 Å². The average molecular weight is 392 g/mol. The van der Waals surface area contributed by atoms with Crippen molar-refractivity contribution in [3.05, 3.63) is 94.9 Å². The van der Waals surface area contributed by atoms with Crippen LogP contribution in [-0.4, -0.2) is 25.5 Å². The molecule has 28 heavy (non-hydrogen) atoms. The van der Waals surface area contributed by atoms with E-state index in [2.05, 4.69) is 15.5 Å². The molecule has 140 valence electrons. The van der Waals surface area contributed by atoms with Crippen molar-refractivity contribution in [3.8, 4) is 5.69 Å². The summed E-state index contributed by atoms with van der Waals surface area (Å²) in [5, 5.41) is 12.2. The summed E-state index contributed by atoms with van der Waals surface area (Å²) in [5.41, 5.74) is 3.15. The molecule has 0 spiro atoms. The highest BCUT2D eigenvalue weighted by molar-refractivity contribution is 6.30. The van der Waals surface area contributed by atoms with Gasteiger partial charge < -0.3 is 5.32 Å². The standard InChI is InChI=1S/C21H18ClN5O/c1-15-19(13-23-27(15)18-9-5-8-17(22)12-18)21(28)24-20-10-11-26(25-20)14-16-6-3-2-4-7-16/h2-13H,14H2,1H3,(H,24,25,28). The number of hydrogen-bond acceptors (Lipinski definition) is 3. The van der Waals surface area contributed by atoms with E-state index in [0.717, 1.165) is 16.9 Å². The third-order valence-electron chi connectivity index (χ3n) is 4.38. The molecule has 0 bridgehead atoms. The number of aromatic nitrogens is 4. The minimum absolute atomic E-state index is 0.254. The van der Waals surface area contributed by atoms with Gasteiger partial charge in [-0.2, -0.15) is 10.2 Å². The molecule has 1 N–H and O–H groups in total. The van der Waals surface area contributed by atoms with E-state index in [1.165, 1.54) is 0 Å². The highest BCUT2D eigenvalue weighted by Crippen LogP contribution is 2.18. The van der Waals surface area contributed by atoms with Crippen LogP contribution in [0.4, 0.5) is 5.82 Å². The molecule has 0 unspecified atom stereocenters. The zero-order valence-electron chi connectivity index (χ0n) is 15.2. The maximum absolute atomic E-state index is 12.7. The Labute approximate surface area is 167 Å². The Morgan fingerprint density at radius 2 is 1.93 bits per heavy atom. The number of amides is 1. The van der Waals surface area contributed by atoms with Crippen LogP contribution < -0.4 is 5.32 Å².